The van der Waals surface area contributed by atoms with Crippen LogP contribution in [0.4, 0.5) is 0 Å². The van der Waals surface area contributed by atoms with Gasteiger partial charge in [0.1, 0.15) is 0 Å². The molecule has 6 heteroatoms. The highest BCUT2D eigenvalue weighted by Gasteiger charge is 2.33. The van der Waals surface area contributed by atoms with Crippen molar-refractivity contribution in [2.75, 3.05) is 13.1 Å². The third-order valence-corrected chi connectivity index (χ3v) is 4.57. The van der Waals surface area contributed by atoms with E-state index in [1.807, 2.05) is 24.3 Å². The molecule has 118 valence electrons. The molecule has 0 saturated carbocycles. The molecule has 0 aliphatic carbocycles. The van der Waals surface area contributed by atoms with Crippen LogP contribution in [0.1, 0.15) is 26.2 Å². The van der Waals surface area contributed by atoms with Gasteiger partial charge in [-0.05, 0) is 36.1 Å². The molecule has 2 heterocycles. The minimum absolute atomic E-state index is 0.108. The Hall–Kier alpha value is -1.43. The topological polar surface area (TPSA) is 68.2 Å². The van der Waals surface area contributed by atoms with Gasteiger partial charge in [0, 0.05) is 29.7 Å². The first-order valence-electron chi connectivity index (χ1n) is 7.50. The van der Waals surface area contributed by atoms with Gasteiger partial charge in [-0.1, -0.05) is 30.6 Å². The summed E-state index contributed by atoms with van der Waals surface area (Å²) in [5, 5.41) is 4.75. The summed E-state index contributed by atoms with van der Waals surface area (Å²) in [4.78, 5) is 6.80. The van der Waals surface area contributed by atoms with Crippen molar-refractivity contribution in [1.82, 2.24) is 15.0 Å². The number of aromatic nitrogens is 2. The Morgan fingerprint density at radius 1 is 1.36 bits per heavy atom. The maximum atomic E-state index is 6.17. The number of hydrogen-bond acceptors (Lipinski definition) is 5. The third-order valence-electron chi connectivity index (χ3n) is 4.32. The third kappa shape index (κ3) is 3.32. The fourth-order valence-electron chi connectivity index (χ4n) is 2.85. The van der Waals surface area contributed by atoms with Crippen LogP contribution in [-0.4, -0.2) is 34.2 Å². The quantitative estimate of drug-likeness (QED) is 0.941. The zero-order valence-corrected chi connectivity index (χ0v) is 13.7. The van der Waals surface area contributed by atoms with E-state index in [2.05, 4.69) is 28.9 Å². The lowest BCUT2D eigenvalue weighted by Gasteiger charge is -2.42. The van der Waals surface area contributed by atoms with Gasteiger partial charge in [-0.25, -0.2) is 0 Å². The SMILES string of the molecule is CC1(C)CN(Cc2nc(-c3ccc(Cl)cc3)no2)CCC1N. The number of likely N-dealkylation sites (tertiary alicyclic amines) is 1. The van der Waals surface area contributed by atoms with Crippen LogP contribution < -0.4 is 5.73 Å². The second kappa shape index (κ2) is 5.99. The second-order valence-corrected chi connectivity index (χ2v) is 7.05. The minimum atomic E-state index is 0.108. The molecule has 3 rings (SSSR count). The zero-order chi connectivity index (χ0) is 15.7. The highest BCUT2D eigenvalue weighted by molar-refractivity contribution is 6.30. The van der Waals surface area contributed by atoms with Crippen LogP contribution in [0.3, 0.4) is 0 Å². The molecule has 0 amide bonds. The summed E-state index contributed by atoms with van der Waals surface area (Å²) in [7, 11) is 0. The number of nitrogens with two attached hydrogens (primary N) is 1. The summed E-state index contributed by atoms with van der Waals surface area (Å²) in [6, 6.07) is 7.67. The number of benzene rings is 1. The summed E-state index contributed by atoms with van der Waals surface area (Å²) in [6.45, 7) is 6.97. The molecule has 1 aromatic heterocycles. The molecule has 1 saturated heterocycles. The molecular formula is C16H21ClN4O. The summed E-state index contributed by atoms with van der Waals surface area (Å²) >= 11 is 5.89. The van der Waals surface area contributed by atoms with Crippen LogP contribution in [0, 0.1) is 5.41 Å². The average Bonchev–Trinajstić information content (AvgIpc) is 2.92. The van der Waals surface area contributed by atoms with E-state index in [0.717, 1.165) is 25.1 Å². The van der Waals surface area contributed by atoms with E-state index in [9.17, 15) is 0 Å². The molecular weight excluding hydrogens is 300 g/mol. The molecule has 0 bridgehead atoms. The molecule has 1 aliphatic rings. The van der Waals surface area contributed by atoms with Crippen LogP contribution >= 0.6 is 11.6 Å². The van der Waals surface area contributed by atoms with Crippen molar-refractivity contribution in [2.45, 2.75) is 32.9 Å². The summed E-state index contributed by atoms with van der Waals surface area (Å²) in [6.07, 6.45) is 0.991. The van der Waals surface area contributed by atoms with E-state index in [0.29, 0.717) is 23.3 Å². The molecule has 1 aromatic carbocycles. The first kappa shape index (κ1) is 15.5. The van der Waals surface area contributed by atoms with Crippen molar-refractivity contribution in [3.8, 4) is 11.4 Å². The molecule has 22 heavy (non-hydrogen) atoms. The Morgan fingerprint density at radius 2 is 2.09 bits per heavy atom. The summed E-state index contributed by atoms with van der Waals surface area (Å²) in [5.41, 5.74) is 7.18. The van der Waals surface area contributed by atoms with E-state index >= 15 is 0 Å². The predicted molar refractivity (Wildman–Crippen MR) is 86.4 cm³/mol. The van der Waals surface area contributed by atoms with Crippen LogP contribution in [0.2, 0.25) is 5.02 Å². The van der Waals surface area contributed by atoms with E-state index in [1.54, 1.807) is 0 Å². The molecule has 1 atom stereocenters. The van der Waals surface area contributed by atoms with Gasteiger partial charge in [-0.2, -0.15) is 4.98 Å². The van der Waals surface area contributed by atoms with Crippen LogP contribution in [0.5, 0.6) is 0 Å². The number of nitrogens with zero attached hydrogens (tertiary/aromatic N) is 3. The van der Waals surface area contributed by atoms with Gasteiger partial charge < -0.3 is 10.3 Å². The Morgan fingerprint density at radius 3 is 2.77 bits per heavy atom. The largest absolute Gasteiger partial charge is 0.338 e. The van der Waals surface area contributed by atoms with Gasteiger partial charge in [0.2, 0.25) is 11.7 Å². The maximum Gasteiger partial charge on any atom is 0.241 e. The molecule has 2 aromatic rings. The average molecular weight is 321 g/mol. The molecule has 2 N–H and O–H groups in total. The highest BCUT2D eigenvalue weighted by atomic mass is 35.5. The fraction of sp³-hybridized carbons (Fsp3) is 0.500. The summed E-state index contributed by atoms with van der Waals surface area (Å²) < 4.78 is 5.38. The van der Waals surface area contributed by atoms with E-state index in [4.69, 9.17) is 21.9 Å². The molecule has 1 unspecified atom stereocenters. The predicted octanol–water partition coefficient (Wildman–Crippen LogP) is 2.95. The molecule has 1 fully saturated rings. The Labute approximate surface area is 135 Å². The van der Waals surface area contributed by atoms with E-state index < -0.39 is 0 Å². The van der Waals surface area contributed by atoms with Crippen molar-refractivity contribution in [1.29, 1.82) is 0 Å². The van der Waals surface area contributed by atoms with Gasteiger partial charge in [-0.15, -0.1) is 0 Å². The van der Waals surface area contributed by atoms with E-state index in [-0.39, 0.29) is 11.5 Å². The number of halogens is 1. The highest BCUT2D eigenvalue weighted by Crippen LogP contribution is 2.28. The first-order valence-corrected chi connectivity index (χ1v) is 7.88. The van der Waals surface area contributed by atoms with Crippen molar-refractivity contribution in [3.63, 3.8) is 0 Å². The lowest BCUT2D eigenvalue weighted by molar-refractivity contribution is 0.0811. The van der Waals surface area contributed by atoms with E-state index in [1.165, 1.54) is 0 Å². The molecule has 1 aliphatic heterocycles. The lowest BCUT2D eigenvalue weighted by Crippen LogP contribution is -2.52. The maximum absolute atomic E-state index is 6.17. The summed E-state index contributed by atoms with van der Waals surface area (Å²) in [5.74, 6) is 1.23. The zero-order valence-electron chi connectivity index (χ0n) is 12.9. The van der Waals surface area contributed by atoms with Crippen molar-refractivity contribution in [3.05, 3.63) is 35.2 Å². The van der Waals surface area contributed by atoms with Gasteiger partial charge >= 0.3 is 0 Å². The van der Waals surface area contributed by atoms with Gasteiger partial charge in [-0.3, -0.25) is 4.90 Å². The Kier molecular flexibility index (Phi) is 4.21. The van der Waals surface area contributed by atoms with Crippen LogP contribution in [0.25, 0.3) is 11.4 Å². The second-order valence-electron chi connectivity index (χ2n) is 6.61. The normalized spacial score (nSPS) is 21.9. The molecule has 0 spiro atoms. The lowest BCUT2D eigenvalue weighted by atomic mass is 9.80. The molecule has 0 radical (unpaired) electrons. The Bertz CT molecular complexity index is 638. The van der Waals surface area contributed by atoms with Crippen molar-refractivity contribution >= 4 is 11.6 Å². The standard InChI is InChI=1S/C16H21ClN4O/c1-16(2)10-21(8-7-13(16)18)9-14-19-15(20-22-14)11-3-5-12(17)6-4-11/h3-6,13H,7-10,18H2,1-2H3. The smallest absolute Gasteiger partial charge is 0.241 e. The number of hydrogen-bond donors (Lipinski definition) is 1. The number of piperidine rings is 1. The Balaban J connectivity index is 1.68. The number of rotatable bonds is 3. The minimum Gasteiger partial charge on any atom is -0.338 e. The van der Waals surface area contributed by atoms with Crippen LogP contribution in [0.15, 0.2) is 28.8 Å². The fourth-order valence-corrected chi connectivity index (χ4v) is 2.97. The first-order chi connectivity index (χ1) is 10.4. The molecule has 5 nitrogen and oxygen atoms in total. The van der Waals surface area contributed by atoms with Gasteiger partial charge in [0.25, 0.3) is 0 Å². The van der Waals surface area contributed by atoms with Gasteiger partial charge in [0.15, 0.2) is 0 Å². The van der Waals surface area contributed by atoms with Crippen LogP contribution in [-0.2, 0) is 6.54 Å². The van der Waals surface area contributed by atoms with Crippen molar-refractivity contribution in [2.24, 2.45) is 11.1 Å². The monoisotopic (exact) mass is 320 g/mol. The van der Waals surface area contributed by atoms with Gasteiger partial charge in [0.05, 0.1) is 6.54 Å². The van der Waals surface area contributed by atoms with Crippen molar-refractivity contribution < 1.29 is 4.52 Å².